The lowest BCUT2D eigenvalue weighted by Crippen LogP contribution is -2.39. The van der Waals surface area contributed by atoms with Gasteiger partial charge in [0.15, 0.2) is 0 Å². The van der Waals surface area contributed by atoms with Crippen molar-refractivity contribution in [3.63, 3.8) is 0 Å². The maximum Gasteiger partial charge on any atom is 0.330 e. The molecule has 1 N–H and O–H groups in total. The Morgan fingerprint density at radius 2 is 1.42 bits per heavy atom. The van der Waals surface area contributed by atoms with Gasteiger partial charge in [-0.3, -0.25) is 14.3 Å². The number of rotatable bonds is 20. The van der Waals surface area contributed by atoms with Crippen molar-refractivity contribution in [3.05, 3.63) is 175 Å². The molecule has 2 aliphatic rings. The van der Waals surface area contributed by atoms with Crippen molar-refractivity contribution < 1.29 is 28.0 Å². The molecule has 0 amide bonds. The van der Waals surface area contributed by atoms with Gasteiger partial charge >= 0.3 is 5.69 Å². The smallest absolute Gasteiger partial charge is 0.330 e. The van der Waals surface area contributed by atoms with Gasteiger partial charge in [0.05, 0.1) is 51.6 Å². The van der Waals surface area contributed by atoms with Crippen LogP contribution in [0.15, 0.2) is 131 Å². The van der Waals surface area contributed by atoms with Gasteiger partial charge in [-0.15, -0.1) is 11.3 Å². The van der Waals surface area contributed by atoms with Crippen molar-refractivity contribution >= 4 is 31.0 Å². The fourth-order valence-corrected chi connectivity index (χ4v) is 12.4. The summed E-state index contributed by atoms with van der Waals surface area (Å²) >= 11 is 1.74. The molecule has 2 aromatic heterocycles. The third-order valence-electron chi connectivity index (χ3n) is 12.8. The zero-order valence-electron chi connectivity index (χ0n) is 40.3. The number of hydrogen-bond donors (Lipinski definition) is 1. The average Bonchev–Trinajstić information content (AvgIpc) is 4.11. The molecule has 0 saturated carbocycles. The summed E-state index contributed by atoms with van der Waals surface area (Å²) in [5.74, 6) is 1.40. The largest absolute Gasteiger partial charge is 0.497 e. The van der Waals surface area contributed by atoms with E-state index in [-0.39, 0.29) is 38.1 Å². The number of aromatic nitrogens is 2. The summed E-state index contributed by atoms with van der Waals surface area (Å²) in [5.41, 5.74) is 5.16. The number of nitrogens with zero attached hydrogens (tertiary/aromatic N) is 3. The zero-order valence-corrected chi connectivity index (χ0v) is 42.1. The summed E-state index contributed by atoms with van der Waals surface area (Å²) in [6.07, 6.45) is 2.27. The molecule has 4 atom stereocenters. The van der Waals surface area contributed by atoms with Crippen molar-refractivity contribution in [2.45, 2.75) is 103 Å². The predicted octanol–water partition coefficient (Wildman–Crippen LogP) is 11.6. The van der Waals surface area contributed by atoms with E-state index in [4.69, 9.17) is 28.0 Å². The van der Waals surface area contributed by atoms with Gasteiger partial charge in [0.1, 0.15) is 29.4 Å². The number of methoxy groups -OCH3 is 2. The third-order valence-corrected chi connectivity index (χ3v) is 16.1. The van der Waals surface area contributed by atoms with E-state index >= 15 is 0 Å². The van der Waals surface area contributed by atoms with Gasteiger partial charge < -0.3 is 28.0 Å². The van der Waals surface area contributed by atoms with E-state index in [1.165, 1.54) is 14.3 Å². The first kappa shape index (κ1) is 49.7. The summed E-state index contributed by atoms with van der Waals surface area (Å²) in [6, 6.07) is 40.5. The molecule has 1 aliphatic heterocycles. The molecule has 0 bridgehead atoms. The number of ether oxygens (including phenoxy) is 4. The number of nitriles is 1. The Kier molecular flexibility index (Phi) is 16.1. The van der Waals surface area contributed by atoms with Crippen molar-refractivity contribution in [2.24, 2.45) is 0 Å². The molecule has 14 heteroatoms. The Hall–Kier alpha value is -5.68. The summed E-state index contributed by atoms with van der Waals surface area (Å²) in [5, 5.41) is 9.51. The Morgan fingerprint density at radius 3 is 2.00 bits per heavy atom. The molecule has 3 heterocycles. The minimum Gasteiger partial charge on any atom is -0.497 e. The monoisotopic (exact) mass is 968 g/mol. The Bertz CT molecular complexity index is 2800. The molecular formula is C55H61N4O8PS. The molecule has 1 aliphatic carbocycles. The quantitative estimate of drug-likeness (QED) is 0.0447. The van der Waals surface area contributed by atoms with Gasteiger partial charge in [-0.2, -0.15) is 5.26 Å². The standard InChI is InChI=1S/C55H61N4O8PS/c1-36(2)59(37(3)4)68(65-31-15-30-56)67-49-33-52(58-34-48(53(60)57-54(58)61)46-21-14-20-45(46)47-32-51(69-38(47)5)39-16-10-8-11-17-39)66-50(49)35-64-55(40-18-12-9-13-19-40,41-22-26-43(62-6)27-23-41)42-24-28-44(63-7)29-25-42/h8-13,16-19,22-29,32,34,36-37,49-50,52H,14-15,20-21,31,33,35H2,1-7H3,(H,57,60,61)/t49?,50-,52-,68?/m1/s1. The molecule has 0 spiro atoms. The second-order valence-corrected chi connectivity index (χ2v) is 20.5. The van der Waals surface area contributed by atoms with E-state index in [0.717, 1.165) is 51.8 Å². The summed E-state index contributed by atoms with van der Waals surface area (Å²) in [6.45, 7) is 10.7. The molecule has 12 nitrogen and oxygen atoms in total. The number of aryl methyl sites for hydroxylation is 1. The molecule has 1 fully saturated rings. The Balaban J connectivity index is 1.21. The highest BCUT2D eigenvalue weighted by atomic mass is 32.1. The van der Waals surface area contributed by atoms with E-state index in [1.807, 2.05) is 97.1 Å². The van der Waals surface area contributed by atoms with Crippen molar-refractivity contribution in [3.8, 4) is 28.0 Å². The second kappa shape index (κ2) is 22.4. The van der Waals surface area contributed by atoms with Gasteiger partial charge in [-0.25, -0.2) is 9.46 Å². The van der Waals surface area contributed by atoms with E-state index in [1.54, 1.807) is 31.8 Å². The first-order chi connectivity index (χ1) is 33.4. The molecule has 6 aromatic rings. The fraction of sp³-hybridized carbons (Fsp3) is 0.364. The van der Waals surface area contributed by atoms with Gasteiger partial charge in [-0.1, -0.05) is 84.9 Å². The third kappa shape index (κ3) is 10.7. The average molecular weight is 969 g/mol. The van der Waals surface area contributed by atoms with Crippen molar-refractivity contribution in [1.29, 1.82) is 5.26 Å². The predicted molar refractivity (Wildman–Crippen MR) is 273 cm³/mol. The van der Waals surface area contributed by atoms with Crippen LogP contribution < -0.4 is 20.7 Å². The van der Waals surface area contributed by atoms with Crippen molar-refractivity contribution in [1.82, 2.24) is 14.2 Å². The van der Waals surface area contributed by atoms with Crippen LogP contribution in [0, 0.1) is 18.3 Å². The van der Waals surface area contributed by atoms with Gasteiger partial charge in [-0.05, 0) is 123 Å². The summed E-state index contributed by atoms with van der Waals surface area (Å²) < 4.78 is 42.8. The van der Waals surface area contributed by atoms with Crippen LogP contribution in [-0.2, 0) is 24.1 Å². The number of thiophene rings is 1. The highest BCUT2D eigenvalue weighted by Crippen LogP contribution is 2.51. The minimum atomic E-state index is -1.73. The molecule has 2 unspecified atom stereocenters. The lowest BCUT2D eigenvalue weighted by Gasteiger charge is -2.39. The van der Waals surface area contributed by atoms with Gasteiger partial charge in [0.25, 0.3) is 14.1 Å². The Labute approximate surface area is 410 Å². The normalized spacial score (nSPS) is 17.8. The second-order valence-electron chi connectivity index (χ2n) is 17.8. The number of aromatic amines is 1. The summed E-state index contributed by atoms with van der Waals surface area (Å²) in [4.78, 5) is 33.0. The van der Waals surface area contributed by atoms with Crippen LogP contribution in [0.3, 0.4) is 0 Å². The molecule has 0 radical (unpaired) electrons. The topological polar surface area (TPSA) is 137 Å². The van der Waals surface area contributed by atoms with Crippen molar-refractivity contribution in [2.75, 3.05) is 27.4 Å². The minimum absolute atomic E-state index is 0.0142. The van der Waals surface area contributed by atoms with E-state index in [9.17, 15) is 14.9 Å². The first-order valence-corrected chi connectivity index (χ1v) is 25.5. The first-order valence-electron chi connectivity index (χ1n) is 23.6. The van der Waals surface area contributed by atoms with E-state index in [0.29, 0.717) is 23.5 Å². The van der Waals surface area contributed by atoms with Gasteiger partial charge in [0, 0.05) is 34.5 Å². The fourth-order valence-electron chi connectivity index (χ4n) is 9.60. The molecule has 69 heavy (non-hydrogen) atoms. The number of allylic oxidation sites excluding steroid dienone is 2. The lowest BCUT2D eigenvalue weighted by atomic mass is 9.80. The maximum absolute atomic E-state index is 14.1. The van der Waals surface area contributed by atoms with Crippen LogP contribution in [0.1, 0.15) is 98.7 Å². The lowest BCUT2D eigenvalue weighted by molar-refractivity contribution is -0.0925. The maximum atomic E-state index is 14.1. The van der Waals surface area contributed by atoms with Gasteiger partial charge in [0.2, 0.25) is 0 Å². The van der Waals surface area contributed by atoms with Crippen LogP contribution >= 0.6 is 19.9 Å². The summed E-state index contributed by atoms with van der Waals surface area (Å²) in [7, 11) is 1.54. The zero-order chi connectivity index (χ0) is 48.7. The van der Waals surface area contributed by atoms with Crippen LogP contribution in [0.4, 0.5) is 0 Å². The van der Waals surface area contributed by atoms with E-state index < -0.39 is 43.8 Å². The molecule has 360 valence electrons. The molecular weight excluding hydrogens is 908 g/mol. The van der Waals surface area contributed by atoms with E-state index in [2.05, 4.69) is 68.5 Å². The highest BCUT2D eigenvalue weighted by molar-refractivity contribution is 7.44. The van der Waals surface area contributed by atoms with Crippen LogP contribution in [0.25, 0.3) is 21.6 Å². The molecule has 8 rings (SSSR count). The number of benzene rings is 4. The number of nitrogens with one attached hydrogen (secondary N) is 1. The highest BCUT2D eigenvalue weighted by Gasteiger charge is 2.45. The number of hydrogen-bond acceptors (Lipinski definition) is 11. The number of H-pyrrole nitrogens is 1. The SMILES string of the molecule is COc1ccc(C(OC[C@H]2O[C@@H](n3cc(C4=C(c5cc(-c6ccccc6)sc5C)CCC4)c(=O)[nH]c3=O)CC2OP(OCCC#N)N(C(C)C)C(C)C)(c2ccccc2)c2ccc(OC)cc2)cc1. The van der Waals surface area contributed by atoms with Crippen LogP contribution in [0.2, 0.25) is 0 Å². The molecule has 1 saturated heterocycles. The van der Waals surface area contributed by atoms with Crippen LogP contribution in [0.5, 0.6) is 11.5 Å². The van der Waals surface area contributed by atoms with Crippen LogP contribution in [-0.4, -0.2) is 65.9 Å². The Morgan fingerprint density at radius 1 is 0.841 bits per heavy atom. The molecule has 4 aromatic carbocycles.